The van der Waals surface area contributed by atoms with Crippen molar-refractivity contribution < 1.29 is 4.79 Å². The third-order valence-corrected chi connectivity index (χ3v) is 6.33. The number of hydrogen-bond acceptors (Lipinski definition) is 6. The Hall–Kier alpha value is -2.32. The second kappa shape index (κ2) is 8.14. The van der Waals surface area contributed by atoms with Crippen LogP contribution in [0.3, 0.4) is 0 Å². The first-order valence-electron chi connectivity index (χ1n) is 8.88. The minimum atomic E-state index is -0.0364. The number of rotatable bonds is 5. The van der Waals surface area contributed by atoms with Crippen molar-refractivity contribution in [1.29, 1.82) is 0 Å². The zero-order valence-corrected chi connectivity index (χ0v) is 16.6. The van der Waals surface area contributed by atoms with E-state index in [9.17, 15) is 4.79 Å². The first-order chi connectivity index (χ1) is 13.2. The molecule has 0 spiro atoms. The second-order valence-corrected chi connectivity index (χ2v) is 8.15. The molecule has 1 fully saturated rings. The molecule has 0 radical (unpaired) electrons. The fourth-order valence-electron chi connectivity index (χ4n) is 3.27. The zero-order valence-electron chi connectivity index (χ0n) is 15.0. The summed E-state index contributed by atoms with van der Waals surface area (Å²) < 4.78 is 0. The molecule has 4 rings (SSSR count). The van der Waals surface area contributed by atoms with Gasteiger partial charge in [0.2, 0.25) is 0 Å². The molecule has 0 aromatic carbocycles. The molecule has 3 aromatic heterocycles. The summed E-state index contributed by atoms with van der Waals surface area (Å²) in [5, 5.41) is 13.6. The van der Waals surface area contributed by atoms with Crippen molar-refractivity contribution in [3.05, 3.63) is 47.5 Å². The van der Waals surface area contributed by atoms with E-state index < -0.39 is 0 Å². The van der Waals surface area contributed by atoms with Crippen LogP contribution in [0.15, 0.2) is 46.9 Å². The number of nitrogens with zero attached hydrogens (tertiary/aromatic N) is 3. The molecular weight excluding hydrogens is 378 g/mol. The van der Waals surface area contributed by atoms with Gasteiger partial charge in [-0.1, -0.05) is 6.07 Å². The molecule has 8 heteroatoms. The highest BCUT2D eigenvalue weighted by Gasteiger charge is 2.23. The maximum atomic E-state index is 12.6. The molecule has 1 aliphatic rings. The molecule has 4 heterocycles. The van der Waals surface area contributed by atoms with E-state index in [-0.39, 0.29) is 11.9 Å². The minimum absolute atomic E-state index is 0.0364. The average molecular weight is 400 g/mol. The van der Waals surface area contributed by atoms with Gasteiger partial charge in [0.05, 0.1) is 16.1 Å². The molecule has 0 atom stereocenters. The number of aromatic nitrogens is 3. The standard InChI is InChI=1S/C19H21N5OS2/c1-26-19-14(4-2-8-20-19)18(25)21-13-6-9-24(10-7-13)17-12-15(22-23-17)16-5-3-11-27-16/h2-5,8,11-13H,6-7,9-10H2,1H3,(H,21,25)(H,22,23). The highest BCUT2D eigenvalue weighted by Crippen LogP contribution is 2.27. The van der Waals surface area contributed by atoms with Crippen LogP contribution >= 0.6 is 23.1 Å². The normalized spacial score (nSPS) is 15.1. The SMILES string of the molecule is CSc1ncccc1C(=O)NC1CCN(c2cc(-c3cccs3)[nH]n2)CC1. The van der Waals surface area contributed by atoms with Crippen LogP contribution < -0.4 is 10.2 Å². The van der Waals surface area contributed by atoms with Crippen LogP contribution in [0.1, 0.15) is 23.2 Å². The molecule has 2 N–H and O–H groups in total. The molecular formula is C19H21N5OS2. The van der Waals surface area contributed by atoms with E-state index in [1.807, 2.05) is 18.4 Å². The molecule has 0 unspecified atom stereocenters. The van der Waals surface area contributed by atoms with Gasteiger partial charge in [0.25, 0.3) is 5.91 Å². The van der Waals surface area contributed by atoms with Crippen LogP contribution in [-0.2, 0) is 0 Å². The Morgan fingerprint density at radius 2 is 2.19 bits per heavy atom. The fourth-order valence-corrected chi connectivity index (χ4v) is 4.51. The van der Waals surface area contributed by atoms with Gasteiger partial charge in [-0.05, 0) is 42.7 Å². The Balaban J connectivity index is 1.34. The predicted molar refractivity (Wildman–Crippen MR) is 111 cm³/mol. The van der Waals surface area contributed by atoms with Crippen molar-refractivity contribution in [3.63, 3.8) is 0 Å². The van der Waals surface area contributed by atoms with Gasteiger partial charge in [-0.3, -0.25) is 9.89 Å². The number of H-pyrrole nitrogens is 1. The fraction of sp³-hybridized carbons (Fsp3) is 0.316. The highest BCUT2D eigenvalue weighted by molar-refractivity contribution is 7.98. The summed E-state index contributed by atoms with van der Waals surface area (Å²) in [5.74, 6) is 0.936. The van der Waals surface area contributed by atoms with Crippen LogP contribution in [0.4, 0.5) is 5.82 Å². The Kier molecular flexibility index (Phi) is 5.45. The van der Waals surface area contributed by atoms with Crippen LogP contribution in [0.5, 0.6) is 0 Å². The molecule has 1 saturated heterocycles. The van der Waals surface area contributed by atoms with E-state index in [0.717, 1.165) is 42.5 Å². The number of thiophene rings is 1. The predicted octanol–water partition coefficient (Wildman–Crippen LogP) is 3.65. The van der Waals surface area contributed by atoms with Gasteiger partial charge in [-0.2, -0.15) is 5.10 Å². The quantitative estimate of drug-likeness (QED) is 0.641. The van der Waals surface area contributed by atoms with Crippen molar-refractivity contribution in [3.8, 4) is 10.6 Å². The van der Waals surface area contributed by atoms with Crippen molar-refractivity contribution >= 4 is 34.8 Å². The van der Waals surface area contributed by atoms with Gasteiger partial charge in [-0.15, -0.1) is 23.1 Å². The van der Waals surface area contributed by atoms with E-state index >= 15 is 0 Å². The third-order valence-electron chi connectivity index (χ3n) is 4.71. The van der Waals surface area contributed by atoms with Crippen LogP contribution in [-0.4, -0.2) is 46.5 Å². The van der Waals surface area contributed by atoms with Gasteiger partial charge in [0.15, 0.2) is 5.82 Å². The van der Waals surface area contributed by atoms with Crippen LogP contribution in [0.2, 0.25) is 0 Å². The summed E-state index contributed by atoms with van der Waals surface area (Å²) in [7, 11) is 0. The van der Waals surface area contributed by atoms with E-state index in [0.29, 0.717) is 5.56 Å². The number of anilines is 1. The average Bonchev–Trinajstić information content (AvgIpc) is 3.40. The maximum Gasteiger partial charge on any atom is 0.254 e. The van der Waals surface area contributed by atoms with Gasteiger partial charge in [-0.25, -0.2) is 4.98 Å². The van der Waals surface area contributed by atoms with Crippen LogP contribution in [0.25, 0.3) is 10.6 Å². The molecule has 27 heavy (non-hydrogen) atoms. The van der Waals surface area contributed by atoms with E-state index in [1.54, 1.807) is 23.6 Å². The number of nitrogens with one attached hydrogen (secondary N) is 2. The molecule has 6 nitrogen and oxygen atoms in total. The number of thioether (sulfide) groups is 1. The first kappa shape index (κ1) is 18.1. The number of pyridine rings is 1. The number of aromatic amines is 1. The number of carbonyl (C=O) groups is 1. The molecule has 0 bridgehead atoms. The van der Waals surface area contributed by atoms with Gasteiger partial charge in [0.1, 0.15) is 5.03 Å². The van der Waals surface area contributed by atoms with Gasteiger partial charge >= 0.3 is 0 Å². The smallest absolute Gasteiger partial charge is 0.254 e. The Morgan fingerprint density at radius 3 is 2.93 bits per heavy atom. The van der Waals surface area contributed by atoms with Crippen molar-refractivity contribution in [1.82, 2.24) is 20.5 Å². The maximum absolute atomic E-state index is 12.6. The Labute approximate surface area is 166 Å². The number of hydrogen-bond donors (Lipinski definition) is 2. The summed E-state index contributed by atoms with van der Waals surface area (Å²) in [6, 6.07) is 10.0. The number of carbonyl (C=O) groups excluding carboxylic acids is 1. The summed E-state index contributed by atoms with van der Waals surface area (Å²) >= 11 is 3.19. The molecule has 0 aliphatic carbocycles. The molecule has 3 aromatic rings. The Morgan fingerprint density at radius 1 is 1.33 bits per heavy atom. The second-order valence-electron chi connectivity index (χ2n) is 6.41. The molecule has 1 aliphatic heterocycles. The monoisotopic (exact) mass is 399 g/mol. The lowest BCUT2D eigenvalue weighted by molar-refractivity contribution is 0.0927. The van der Waals surface area contributed by atoms with E-state index in [4.69, 9.17) is 0 Å². The summed E-state index contributed by atoms with van der Waals surface area (Å²) in [5.41, 5.74) is 1.71. The third kappa shape index (κ3) is 4.01. The lowest BCUT2D eigenvalue weighted by Gasteiger charge is -2.32. The van der Waals surface area contributed by atoms with E-state index in [2.05, 4.69) is 42.9 Å². The molecule has 140 valence electrons. The molecule has 1 amide bonds. The summed E-state index contributed by atoms with van der Waals surface area (Å²) in [6.45, 7) is 1.75. The summed E-state index contributed by atoms with van der Waals surface area (Å²) in [4.78, 5) is 20.3. The lowest BCUT2D eigenvalue weighted by atomic mass is 10.0. The highest BCUT2D eigenvalue weighted by atomic mass is 32.2. The zero-order chi connectivity index (χ0) is 18.6. The van der Waals surface area contributed by atoms with Crippen molar-refractivity contribution in [2.24, 2.45) is 0 Å². The summed E-state index contributed by atoms with van der Waals surface area (Å²) in [6.07, 6.45) is 5.46. The first-order valence-corrected chi connectivity index (χ1v) is 11.0. The topological polar surface area (TPSA) is 73.9 Å². The van der Waals surface area contributed by atoms with Gasteiger partial charge < -0.3 is 10.2 Å². The Bertz CT molecular complexity index is 900. The van der Waals surface area contributed by atoms with Crippen LogP contribution in [0, 0.1) is 0 Å². The minimum Gasteiger partial charge on any atom is -0.355 e. The van der Waals surface area contributed by atoms with Crippen molar-refractivity contribution in [2.75, 3.05) is 24.2 Å². The number of amides is 1. The molecule has 0 saturated carbocycles. The van der Waals surface area contributed by atoms with Crippen molar-refractivity contribution in [2.45, 2.75) is 23.9 Å². The largest absolute Gasteiger partial charge is 0.355 e. The van der Waals surface area contributed by atoms with E-state index in [1.165, 1.54) is 16.6 Å². The lowest BCUT2D eigenvalue weighted by Crippen LogP contribution is -2.45. The van der Waals surface area contributed by atoms with Gasteiger partial charge in [0, 0.05) is 31.4 Å². The number of piperidine rings is 1.